The number of hydrogen-bond donors (Lipinski definition) is 2. The smallest absolute Gasteiger partial charge is 0.232 e. The molecular weight excluding hydrogens is 358 g/mol. The van der Waals surface area contributed by atoms with E-state index in [0.29, 0.717) is 17.9 Å². The standard InChI is InChI=1S/C22H21NO3S/c1-22(25,12-15-10-11-27-13-15)14-23-21(24)20-16-6-2-4-8-18(16)26-19-9-5-3-7-17(19)20/h2-11,13,20,25H,12,14H2,1H3,(H,23,24). The van der Waals surface area contributed by atoms with Crippen molar-refractivity contribution in [2.45, 2.75) is 24.9 Å². The van der Waals surface area contributed by atoms with Gasteiger partial charge in [-0.15, -0.1) is 0 Å². The van der Waals surface area contributed by atoms with Crippen LogP contribution in [0.4, 0.5) is 0 Å². The van der Waals surface area contributed by atoms with Crippen molar-refractivity contribution >= 4 is 17.2 Å². The Kier molecular flexibility index (Phi) is 4.72. The normalized spacial score (nSPS) is 15.2. The van der Waals surface area contributed by atoms with Gasteiger partial charge in [-0.25, -0.2) is 0 Å². The lowest BCUT2D eigenvalue weighted by Gasteiger charge is -2.29. The molecule has 0 saturated heterocycles. The molecule has 0 radical (unpaired) electrons. The van der Waals surface area contributed by atoms with Crippen LogP contribution in [0, 0.1) is 0 Å². The summed E-state index contributed by atoms with van der Waals surface area (Å²) < 4.78 is 5.95. The Morgan fingerprint density at radius 2 is 1.74 bits per heavy atom. The second kappa shape index (κ2) is 7.18. The van der Waals surface area contributed by atoms with Gasteiger partial charge in [-0.3, -0.25) is 4.79 Å². The average molecular weight is 379 g/mol. The molecule has 4 rings (SSSR count). The number of amides is 1. The van der Waals surface area contributed by atoms with Crippen LogP contribution < -0.4 is 10.1 Å². The number of thiophene rings is 1. The maximum absolute atomic E-state index is 13.1. The van der Waals surface area contributed by atoms with Crippen molar-refractivity contribution in [2.24, 2.45) is 0 Å². The lowest BCUT2D eigenvalue weighted by atomic mass is 9.87. The predicted octanol–water partition coefficient (Wildman–Crippen LogP) is 4.10. The summed E-state index contributed by atoms with van der Waals surface area (Å²) in [5, 5.41) is 17.6. The van der Waals surface area contributed by atoms with Crippen LogP contribution in [0.5, 0.6) is 11.5 Å². The molecule has 138 valence electrons. The minimum atomic E-state index is -1.01. The van der Waals surface area contributed by atoms with Crippen molar-refractivity contribution in [3.8, 4) is 11.5 Å². The summed E-state index contributed by atoms with van der Waals surface area (Å²) in [4.78, 5) is 13.1. The van der Waals surface area contributed by atoms with Gasteiger partial charge in [0.05, 0.1) is 11.5 Å². The van der Waals surface area contributed by atoms with Gasteiger partial charge in [0.1, 0.15) is 11.5 Å². The fraction of sp³-hybridized carbons (Fsp3) is 0.227. The summed E-state index contributed by atoms with van der Waals surface area (Å²) >= 11 is 1.60. The summed E-state index contributed by atoms with van der Waals surface area (Å²) in [5.74, 6) is 0.801. The van der Waals surface area contributed by atoms with Gasteiger partial charge < -0.3 is 15.2 Å². The first-order valence-corrected chi connectivity index (χ1v) is 9.85. The molecule has 2 aromatic carbocycles. The van der Waals surface area contributed by atoms with E-state index >= 15 is 0 Å². The summed E-state index contributed by atoms with van der Waals surface area (Å²) in [6.07, 6.45) is 0.498. The number of nitrogens with one attached hydrogen (secondary N) is 1. The zero-order valence-electron chi connectivity index (χ0n) is 15.0. The van der Waals surface area contributed by atoms with E-state index in [2.05, 4.69) is 5.32 Å². The number of carbonyl (C=O) groups is 1. The lowest BCUT2D eigenvalue weighted by molar-refractivity contribution is -0.123. The monoisotopic (exact) mass is 379 g/mol. The van der Waals surface area contributed by atoms with Crippen LogP contribution in [0.3, 0.4) is 0 Å². The number of benzene rings is 2. The molecule has 1 atom stereocenters. The largest absolute Gasteiger partial charge is 0.457 e. The van der Waals surface area contributed by atoms with Crippen LogP contribution in [-0.4, -0.2) is 23.2 Å². The van der Waals surface area contributed by atoms with E-state index in [1.807, 2.05) is 65.4 Å². The topological polar surface area (TPSA) is 58.6 Å². The number of hydrogen-bond acceptors (Lipinski definition) is 4. The van der Waals surface area contributed by atoms with Crippen LogP contribution in [-0.2, 0) is 11.2 Å². The lowest BCUT2D eigenvalue weighted by Crippen LogP contribution is -2.44. The number of rotatable bonds is 5. The SMILES string of the molecule is CC(O)(CNC(=O)C1c2ccccc2Oc2ccccc21)Cc1ccsc1. The minimum absolute atomic E-state index is 0.135. The third-order valence-corrected chi connectivity index (χ3v) is 5.48. The Hall–Kier alpha value is -2.63. The van der Waals surface area contributed by atoms with Crippen LogP contribution in [0.15, 0.2) is 65.4 Å². The van der Waals surface area contributed by atoms with Gasteiger partial charge in [0.25, 0.3) is 0 Å². The molecule has 1 aromatic heterocycles. The molecule has 1 aliphatic rings. The van der Waals surface area contributed by atoms with Crippen LogP contribution in [0.1, 0.15) is 29.5 Å². The second-order valence-corrected chi connectivity index (χ2v) is 7.91. The van der Waals surface area contributed by atoms with Gasteiger partial charge in [-0.1, -0.05) is 36.4 Å². The fourth-order valence-corrected chi connectivity index (χ4v) is 4.14. The number of carbonyl (C=O) groups excluding carboxylic acids is 1. The molecule has 5 heteroatoms. The zero-order chi connectivity index (χ0) is 18.9. The van der Waals surface area contributed by atoms with Crippen molar-refractivity contribution in [2.75, 3.05) is 6.54 Å². The van der Waals surface area contributed by atoms with Gasteiger partial charge in [0.15, 0.2) is 0 Å². The first-order chi connectivity index (χ1) is 13.0. The number of ether oxygens (including phenoxy) is 1. The second-order valence-electron chi connectivity index (χ2n) is 7.13. The molecule has 2 N–H and O–H groups in total. The highest BCUT2D eigenvalue weighted by Gasteiger charge is 2.33. The molecular formula is C22H21NO3S. The number of para-hydroxylation sites is 2. The van der Waals surface area contributed by atoms with Crippen molar-refractivity contribution in [1.82, 2.24) is 5.32 Å². The molecule has 4 nitrogen and oxygen atoms in total. The molecule has 2 heterocycles. The van der Waals surface area contributed by atoms with Crippen molar-refractivity contribution in [3.63, 3.8) is 0 Å². The Bertz CT molecular complexity index is 904. The highest BCUT2D eigenvalue weighted by Crippen LogP contribution is 2.43. The average Bonchev–Trinajstić information content (AvgIpc) is 3.16. The van der Waals surface area contributed by atoms with Crippen molar-refractivity contribution in [1.29, 1.82) is 0 Å². The molecule has 1 aliphatic heterocycles. The van der Waals surface area contributed by atoms with Gasteiger partial charge in [-0.2, -0.15) is 11.3 Å². The maximum Gasteiger partial charge on any atom is 0.232 e. The van der Waals surface area contributed by atoms with Gasteiger partial charge >= 0.3 is 0 Å². The molecule has 0 aliphatic carbocycles. The van der Waals surface area contributed by atoms with Crippen molar-refractivity contribution in [3.05, 3.63) is 82.0 Å². The summed E-state index contributed by atoms with van der Waals surface area (Å²) in [7, 11) is 0. The minimum Gasteiger partial charge on any atom is -0.457 e. The summed E-state index contributed by atoms with van der Waals surface area (Å²) in [6, 6.07) is 17.2. The number of fused-ring (bicyclic) bond motifs is 2. The van der Waals surface area contributed by atoms with E-state index in [0.717, 1.165) is 16.7 Å². The molecule has 0 spiro atoms. The predicted molar refractivity (Wildman–Crippen MR) is 106 cm³/mol. The summed E-state index contributed by atoms with van der Waals surface area (Å²) in [5.41, 5.74) is 1.74. The van der Waals surface area contributed by atoms with E-state index < -0.39 is 11.5 Å². The fourth-order valence-electron chi connectivity index (χ4n) is 3.47. The van der Waals surface area contributed by atoms with E-state index in [1.165, 1.54) is 0 Å². The summed E-state index contributed by atoms with van der Waals surface area (Å²) in [6.45, 7) is 1.93. The molecule has 0 saturated carbocycles. The first-order valence-electron chi connectivity index (χ1n) is 8.90. The Morgan fingerprint density at radius 3 is 2.33 bits per heavy atom. The highest BCUT2D eigenvalue weighted by atomic mass is 32.1. The van der Waals surface area contributed by atoms with E-state index in [4.69, 9.17) is 4.74 Å². The molecule has 1 unspecified atom stereocenters. The van der Waals surface area contributed by atoms with Crippen molar-refractivity contribution < 1.29 is 14.6 Å². The third kappa shape index (κ3) is 3.75. The molecule has 27 heavy (non-hydrogen) atoms. The molecule has 1 amide bonds. The first kappa shape index (κ1) is 17.8. The molecule has 0 bridgehead atoms. The van der Waals surface area contributed by atoms with E-state index in [1.54, 1.807) is 18.3 Å². The quantitative estimate of drug-likeness (QED) is 0.702. The Morgan fingerprint density at radius 1 is 1.11 bits per heavy atom. The maximum atomic E-state index is 13.1. The van der Waals surface area contributed by atoms with Crippen LogP contribution >= 0.6 is 11.3 Å². The zero-order valence-corrected chi connectivity index (χ0v) is 15.8. The Labute approximate surface area is 162 Å². The van der Waals surface area contributed by atoms with Crippen LogP contribution in [0.2, 0.25) is 0 Å². The Balaban J connectivity index is 1.55. The van der Waals surface area contributed by atoms with Crippen LogP contribution in [0.25, 0.3) is 0 Å². The van der Waals surface area contributed by atoms with Gasteiger partial charge in [0.2, 0.25) is 5.91 Å². The molecule has 3 aromatic rings. The van der Waals surface area contributed by atoms with E-state index in [9.17, 15) is 9.90 Å². The third-order valence-electron chi connectivity index (χ3n) is 4.75. The van der Waals surface area contributed by atoms with E-state index in [-0.39, 0.29) is 12.5 Å². The number of aliphatic hydroxyl groups is 1. The van der Waals surface area contributed by atoms with Gasteiger partial charge in [0, 0.05) is 24.1 Å². The molecule has 0 fully saturated rings. The highest BCUT2D eigenvalue weighted by molar-refractivity contribution is 7.07. The van der Waals surface area contributed by atoms with Gasteiger partial charge in [-0.05, 0) is 41.4 Å².